The van der Waals surface area contributed by atoms with Crippen molar-refractivity contribution < 1.29 is 4.42 Å². The molecule has 10 aromatic rings. The monoisotopic (exact) mass is 740 g/mol. The largest absolute Gasteiger partial charge is 0.435 e. The van der Waals surface area contributed by atoms with Crippen molar-refractivity contribution in [3.63, 3.8) is 0 Å². The van der Waals surface area contributed by atoms with Crippen molar-refractivity contribution in [3.05, 3.63) is 217 Å². The van der Waals surface area contributed by atoms with Crippen molar-refractivity contribution in [3.8, 4) is 22.6 Å². The smallest absolute Gasteiger partial charge is 0.227 e. The van der Waals surface area contributed by atoms with Gasteiger partial charge in [-0.2, -0.15) is 0 Å². The molecule has 3 heteroatoms. The van der Waals surface area contributed by atoms with E-state index in [0.29, 0.717) is 5.89 Å². The molecule has 0 saturated heterocycles. The molecule has 1 aromatic heterocycles. The molecule has 0 atom stereocenters. The van der Waals surface area contributed by atoms with Crippen molar-refractivity contribution in [2.24, 2.45) is 0 Å². The van der Waals surface area contributed by atoms with Gasteiger partial charge in [0.1, 0.15) is 5.52 Å². The summed E-state index contributed by atoms with van der Waals surface area (Å²) >= 11 is 0. The van der Waals surface area contributed by atoms with Crippen LogP contribution in [-0.4, -0.2) is 4.98 Å². The Morgan fingerprint density at radius 1 is 0.534 bits per heavy atom. The molecule has 3 nitrogen and oxygen atoms in total. The van der Waals surface area contributed by atoms with Crippen LogP contribution in [0.25, 0.3) is 77.1 Å². The Morgan fingerprint density at radius 3 is 1.98 bits per heavy atom. The molecular formula is C55H36N2O. The Morgan fingerprint density at radius 2 is 1.19 bits per heavy atom. The molecule has 58 heavy (non-hydrogen) atoms. The standard InChI is InChI=1S/C55H36N2O/c1-4-18-37(19-5-1)42-24-10-11-25-43(42)44-26-12-13-27-45(44)47-29-16-17-31-51(47)57(40-22-8-3-9-23-40)41-34-32-38-33-35-48-46-28-14-15-30-49(46)54-53(52(48)50(38)36-41)56-55(58-54)39-20-6-2-7-21-39/h1-12,14-26,28-31,33,35-36H,13,27H2. The molecule has 0 bridgehead atoms. The van der Waals surface area contributed by atoms with E-state index in [1.165, 1.54) is 33.4 Å². The van der Waals surface area contributed by atoms with Gasteiger partial charge in [-0.25, -0.2) is 4.98 Å². The maximum Gasteiger partial charge on any atom is 0.227 e. The van der Waals surface area contributed by atoms with Crippen LogP contribution in [0.4, 0.5) is 17.1 Å². The van der Waals surface area contributed by atoms with Crippen molar-refractivity contribution in [2.45, 2.75) is 12.8 Å². The van der Waals surface area contributed by atoms with E-state index in [4.69, 9.17) is 9.40 Å². The third kappa shape index (κ3) is 5.66. The third-order valence-corrected chi connectivity index (χ3v) is 11.4. The van der Waals surface area contributed by atoms with Gasteiger partial charge in [0.05, 0.1) is 11.4 Å². The van der Waals surface area contributed by atoms with Gasteiger partial charge in [0.15, 0.2) is 5.58 Å². The number of allylic oxidation sites excluding steroid dienone is 4. The molecule has 11 rings (SSSR count). The van der Waals surface area contributed by atoms with Gasteiger partial charge in [0.2, 0.25) is 5.89 Å². The predicted octanol–water partition coefficient (Wildman–Crippen LogP) is 15.0. The van der Waals surface area contributed by atoms with Crippen LogP contribution in [0.5, 0.6) is 0 Å². The van der Waals surface area contributed by atoms with E-state index in [0.717, 1.165) is 78.9 Å². The number of hydrogen-bond donors (Lipinski definition) is 0. The number of nitrogens with zero attached hydrogens (tertiary/aromatic N) is 2. The van der Waals surface area contributed by atoms with Crippen LogP contribution in [-0.2, 0) is 0 Å². The molecule has 1 aliphatic rings. The third-order valence-electron chi connectivity index (χ3n) is 11.4. The molecule has 0 amide bonds. The fourth-order valence-corrected chi connectivity index (χ4v) is 8.77. The molecule has 0 aliphatic heterocycles. The second-order valence-electron chi connectivity index (χ2n) is 14.8. The average Bonchev–Trinajstić information content (AvgIpc) is 3.76. The van der Waals surface area contributed by atoms with E-state index >= 15 is 0 Å². The number of para-hydroxylation sites is 2. The van der Waals surface area contributed by atoms with Crippen molar-refractivity contribution in [1.82, 2.24) is 4.98 Å². The lowest BCUT2D eigenvalue weighted by Crippen LogP contribution is -2.12. The topological polar surface area (TPSA) is 29.3 Å². The molecule has 0 radical (unpaired) electrons. The number of benzene rings is 8. The van der Waals surface area contributed by atoms with E-state index < -0.39 is 0 Å². The van der Waals surface area contributed by atoms with Crippen LogP contribution in [0.3, 0.4) is 0 Å². The maximum atomic E-state index is 6.66. The zero-order valence-corrected chi connectivity index (χ0v) is 31.7. The highest BCUT2D eigenvalue weighted by molar-refractivity contribution is 6.29. The van der Waals surface area contributed by atoms with Gasteiger partial charge in [-0.05, 0) is 100.0 Å². The van der Waals surface area contributed by atoms with E-state index in [9.17, 15) is 0 Å². The zero-order valence-electron chi connectivity index (χ0n) is 31.7. The molecule has 9 aromatic carbocycles. The van der Waals surface area contributed by atoms with Crippen LogP contribution >= 0.6 is 0 Å². The Balaban J connectivity index is 1.16. The minimum atomic E-state index is 0.608. The highest BCUT2D eigenvalue weighted by atomic mass is 16.3. The number of hydrogen-bond acceptors (Lipinski definition) is 3. The highest BCUT2D eigenvalue weighted by Gasteiger charge is 2.24. The summed E-state index contributed by atoms with van der Waals surface area (Å²) in [5.41, 5.74) is 13.0. The minimum Gasteiger partial charge on any atom is -0.435 e. The maximum absolute atomic E-state index is 6.66. The molecule has 0 saturated carbocycles. The summed E-state index contributed by atoms with van der Waals surface area (Å²) in [4.78, 5) is 7.57. The number of anilines is 3. The fraction of sp³-hybridized carbons (Fsp3) is 0.0364. The van der Waals surface area contributed by atoms with E-state index in [2.05, 4.69) is 181 Å². The van der Waals surface area contributed by atoms with Crippen LogP contribution < -0.4 is 4.90 Å². The van der Waals surface area contributed by atoms with Crippen molar-refractivity contribution in [2.75, 3.05) is 4.90 Å². The lowest BCUT2D eigenvalue weighted by molar-refractivity contribution is 0.623. The van der Waals surface area contributed by atoms with Gasteiger partial charge in [-0.15, -0.1) is 0 Å². The van der Waals surface area contributed by atoms with Crippen LogP contribution in [0.15, 0.2) is 199 Å². The minimum absolute atomic E-state index is 0.608. The van der Waals surface area contributed by atoms with Crippen LogP contribution in [0.2, 0.25) is 0 Å². The number of fused-ring (bicyclic) bond motifs is 8. The Labute approximate surface area is 337 Å². The Kier molecular flexibility index (Phi) is 8.19. The van der Waals surface area contributed by atoms with E-state index in [1.807, 2.05) is 30.3 Å². The lowest BCUT2D eigenvalue weighted by Gasteiger charge is -2.29. The summed E-state index contributed by atoms with van der Waals surface area (Å²) in [5.74, 6) is 0.608. The summed E-state index contributed by atoms with van der Waals surface area (Å²) in [6.45, 7) is 0. The first-order valence-electron chi connectivity index (χ1n) is 19.9. The quantitative estimate of drug-likeness (QED) is 0.152. The molecule has 272 valence electrons. The van der Waals surface area contributed by atoms with Gasteiger partial charge in [0, 0.05) is 38.4 Å². The molecule has 0 spiro atoms. The SMILES string of the molecule is c1c(N(c2ccccc2)c2ccccc2C2=C(c3ccccc3-c3ccccc3)C=CCC2)cc2c(c#1)ccc1c3ccccc3c3oc(-c4ccccc4)nc3c21. The lowest BCUT2D eigenvalue weighted by atomic mass is 9.84. The second kappa shape index (κ2) is 14.1. The zero-order chi connectivity index (χ0) is 38.4. The second-order valence-corrected chi connectivity index (χ2v) is 14.8. The fourth-order valence-electron chi connectivity index (χ4n) is 8.77. The van der Waals surface area contributed by atoms with Gasteiger partial charge < -0.3 is 9.32 Å². The summed E-state index contributed by atoms with van der Waals surface area (Å²) in [5, 5.41) is 6.36. The first-order valence-corrected chi connectivity index (χ1v) is 19.9. The normalized spacial score (nSPS) is 12.8. The van der Waals surface area contributed by atoms with E-state index in [-0.39, 0.29) is 0 Å². The number of aromatic nitrogens is 1. The molecule has 1 heterocycles. The average molecular weight is 741 g/mol. The first-order chi connectivity index (χ1) is 28.8. The number of rotatable bonds is 7. The van der Waals surface area contributed by atoms with Gasteiger partial charge in [-0.3, -0.25) is 0 Å². The number of oxazole rings is 1. The molecule has 0 fully saturated rings. The van der Waals surface area contributed by atoms with Crippen LogP contribution in [0.1, 0.15) is 24.0 Å². The van der Waals surface area contributed by atoms with Gasteiger partial charge in [0.25, 0.3) is 0 Å². The van der Waals surface area contributed by atoms with Crippen LogP contribution in [0, 0.1) is 12.1 Å². The Bertz CT molecular complexity index is 3210. The predicted molar refractivity (Wildman–Crippen MR) is 241 cm³/mol. The summed E-state index contributed by atoms with van der Waals surface area (Å²) in [6.07, 6.45) is 6.53. The molecule has 0 N–H and O–H groups in total. The summed E-state index contributed by atoms with van der Waals surface area (Å²) in [6, 6.07) is 71.4. The molecular weight excluding hydrogens is 705 g/mol. The van der Waals surface area contributed by atoms with Gasteiger partial charge in [-0.1, -0.05) is 158 Å². The van der Waals surface area contributed by atoms with Crippen molar-refractivity contribution in [1.29, 1.82) is 0 Å². The summed E-state index contributed by atoms with van der Waals surface area (Å²) < 4.78 is 6.66. The van der Waals surface area contributed by atoms with E-state index in [1.54, 1.807) is 0 Å². The Hall–Kier alpha value is -7.67. The molecule has 1 aliphatic carbocycles. The highest BCUT2D eigenvalue weighted by Crippen LogP contribution is 2.46. The molecule has 0 unspecified atom stereocenters. The first kappa shape index (κ1) is 33.6. The van der Waals surface area contributed by atoms with Gasteiger partial charge >= 0.3 is 0 Å². The summed E-state index contributed by atoms with van der Waals surface area (Å²) in [7, 11) is 0. The van der Waals surface area contributed by atoms with Crippen molar-refractivity contribution >= 4 is 71.6 Å².